The van der Waals surface area contributed by atoms with E-state index < -0.39 is 0 Å². The molecule has 0 atom stereocenters. The van der Waals surface area contributed by atoms with E-state index in [2.05, 4.69) is 21.2 Å². The lowest BCUT2D eigenvalue weighted by Crippen LogP contribution is -2.03. The highest BCUT2D eigenvalue weighted by Gasteiger charge is 2.13. The van der Waals surface area contributed by atoms with E-state index in [-0.39, 0.29) is 10.6 Å². The number of nitrogens with zero attached hydrogens (tertiary/aromatic N) is 1. The number of halogens is 2. The van der Waals surface area contributed by atoms with Crippen LogP contribution in [-0.4, -0.2) is 4.92 Å². The zero-order valence-corrected chi connectivity index (χ0v) is 14.0. The van der Waals surface area contributed by atoms with Crippen LogP contribution in [0.3, 0.4) is 0 Å². The maximum atomic E-state index is 11.0. The van der Waals surface area contributed by atoms with E-state index in [1.54, 1.807) is 13.0 Å². The molecule has 6 heteroatoms. The van der Waals surface area contributed by atoms with E-state index in [0.717, 1.165) is 21.3 Å². The Kier molecular flexibility index (Phi) is 4.85. The Morgan fingerprint density at radius 1 is 1.24 bits per heavy atom. The fourth-order valence-electron chi connectivity index (χ4n) is 2.10. The molecule has 0 heterocycles. The number of hydrogen-bond donors (Lipinski definition) is 1. The largest absolute Gasteiger partial charge is 0.380 e. The molecule has 0 unspecified atom stereocenters. The Balaban J connectivity index is 2.25. The van der Waals surface area contributed by atoms with Gasteiger partial charge < -0.3 is 5.32 Å². The van der Waals surface area contributed by atoms with Gasteiger partial charge in [0, 0.05) is 33.4 Å². The molecule has 0 radical (unpaired) electrons. The Hall–Kier alpha value is -1.59. The summed E-state index contributed by atoms with van der Waals surface area (Å²) in [6.45, 7) is 4.15. The summed E-state index contributed by atoms with van der Waals surface area (Å²) in [5.41, 5.74) is 3.40. The first-order chi connectivity index (χ1) is 9.88. The van der Waals surface area contributed by atoms with Crippen molar-refractivity contribution < 1.29 is 4.92 Å². The maximum Gasteiger partial charge on any atom is 0.274 e. The first-order valence-corrected chi connectivity index (χ1v) is 7.49. The van der Waals surface area contributed by atoms with Crippen LogP contribution in [0.1, 0.15) is 16.7 Å². The molecule has 21 heavy (non-hydrogen) atoms. The van der Waals surface area contributed by atoms with Crippen molar-refractivity contribution in [3.8, 4) is 0 Å². The van der Waals surface area contributed by atoms with Gasteiger partial charge in [0.1, 0.15) is 0 Å². The maximum absolute atomic E-state index is 11.0. The molecule has 110 valence electrons. The van der Waals surface area contributed by atoms with E-state index in [4.69, 9.17) is 11.6 Å². The molecule has 0 fully saturated rings. The van der Waals surface area contributed by atoms with Gasteiger partial charge in [0.2, 0.25) is 0 Å². The van der Waals surface area contributed by atoms with Crippen LogP contribution in [0.25, 0.3) is 0 Å². The predicted molar refractivity (Wildman–Crippen MR) is 89.0 cm³/mol. The molecule has 0 amide bonds. The normalized spacial score (nSPS) is 10.5. The van der Waals surface area contributed by atoms with Crippen molar-refractivity contribution in [2.75, 3.05) is 5.32 Å². The predicted octanol–water partition coefficient (Wildman–Crippen LogP) is 5.24. The summed E-state index contributed by atoms with van der Waals surface area (Å²) in [5.74, 6) is 0. The third-order valence-corrected chi connectivity index (χ3v) is 4.08. The SMILES string of the molecule is Cc1cc(C)c([N+](=O)[O-])cc1NCc1cc(Br)ccc1Cl. The zero-order chi connectivity index (χ0) is 15.6. The first-order valence-electron chi connectivity index (χ1n) is 6.32. The van der Waals surface area contributed by atoms with E-state index >= 15 is 0 Å². The fourth-order valence-corrected chi connectivity index (χ4v) is 2.69. The summed E-state index contributed by atoms with van der Waals surface area (Å²) in [4.78, 5) is 10.6. The monoisotopic (exact) mass is 368 g/mol. The Bertz CT molecular complexity index is 704. The number of nitrogens with one attached hydrogen (secondary N) is 1. The molecule has 0 aliphatic heterocycles. The molecule has 2 aromatic carbocycles. The molecule has 0 saturated carbocycles. The summed E-state index contributed by atoms with van der Waals surface area (Å²) in [7, 11) is 0. The van der Waals surface area contributed by atoms with Crippen molar-refractivity contribution >= 4 is 38.9 Å². The molecule has 2 rings (SSSR count). The van der Waals surface area contributed by atoms with Crippen molar-refractivity contribution in [1.29, 1.82) is 0 Å². The van der Waals surface area contributed by atoms with Gasteiger partial charge in [-0.15, -0.1) is 0 Å². The van der Waals surface area contributed by atoms with Gasteiger partial charge in [-0.2, -0.15) is 0 Å². The second kappa shape index (κ2) is 6.45. The highest BCUT2D eigenvalue weighted by molar-refractivity contribution is 9.10. The molecule has 4 nitrogen and oxygen atoms in total. The Labute approximate surface area is 136 Å². The van der Waals surface area contributed by atoms with Crippen molar-refractivity contribution in [3.05, 3.63) is 66.6 Å². The van der Waals surface area contributed by atoms with Gasteiger partial charge in [-0.05, 0) is 49.2 Å². The van der Waals surface area contributed by atoms with Gasteiger partial charge >= 0.3 is 0 Å². The van der Waals surface area contributed by atoms with E-state index in [1.807, 2.05) is 31.2 Å². The van der Waals surface area contributed by atoms with Crippen LogP contribution >= 0.6 is 27.5 Å². The molecule has 0 aromatic heterocycles. The van der Waals surface area contributed by atoms with E-state index in [0.29, 0.717) is 17.1 Å². The quantitative estimate of drug-likeness (QED) is 0.592. The molecule has 0 saturated heterocycles. The van der Waals surface area contributed by atoms with Crippen molar-refractivity contribution in [2.45, 2.75) is 20.4 Å². The third-order valence-electron chi connectivity index (χ3n) is 3.22. The van der Waals surface area contributed by atoms with Gasteiger partial charge in [0.05, 0.1) is 4.92 Å². The van der Waals surface area contributed by atoms with Crippen LogP contribution in [-0.2, 0) is 6.54 Å². The van der Waals surface area contributed by atoms with Crippen LogP contribution in [0.4, 0.5) is 11.4 Å². The van der Waals surface area contributed by atoms with Crippen LogP contribution < -0.4 is 5.32 Å². The Morgan fingerprint density at radius 3 is 2.62 bits per heavy atom. The molecule has 1 N–H and O–H groups in total. The third kappa shape index (κ3) is 3.74. The molecule has 0 bridgehead atoms. The lowest BCUT2D eigenvalue weighted by molar-refractivity contribution is -0.385. The average molecular weight is 370 g/mol. The second-order valence-electron chi connectivity index (χ2n) is 4.80. The van der Waals surface area contributed by atoms with Gasteiger partial charge in [-0.1, -0.05) is 27.5 Å². The molecule has 0 spiro atoms. The van der Waals surface area contributed by atoms with Gasteiger partial charge in [-0.3, -0.25) is 10.1 Å². The van der Waals surface area contributed by atoms with Gasteiger partial charge in [0.25, 0.3) is 5.69 Å². The smallest absolute Gasteiger partial charge is 0.274 e. The lowest BCUT2D eigenvalue weighted by Gasteiger charge is -2.12. The van der Waals surface area contributed by atoms with E-state index in [9.17, 15) is 10.1 Å². The standard InChI is InChI=1S/C15H14BrClN2O2/c1-9-5-10(2)15(19(20)21)7-14(9)18-8-11-6-12(16)3-4-13(11)17/h3-7,18H,8H2,1-2H3. The highest BCUT2D eigenvalue weighted by atomic mass is 79.9. The number of nitro groups is 1. The summed E-state index contributed by atoms with van der Waals surface area (Å²) < 4.78 is 0.940. The van der Waals surface area contributed by atoms with Crippen LogP contribution in [0.15, 0.2) is 34.8 Å². The van der Waals surface area contributed by atoms with Crippen molar-refractivity contribution in [3.63, 3.8) is 0 Å². The highest BCUT2D eigenvalue weighted by Crippen LogP contribution is 2.28. The molecular formula is C15H14BrClN2O2. The average Bonchev–Trinajstić information content (AvgIpc) is 2.41. The number of hydrogen-bond acceptors (Lipinski definition) is 3. The van der Waals surface area contributed by atoms with Gasteiger partial charge in [-0.25, -0.2) is 0 Å². The number of rotatable bonds is 4. The minimum atomic E-state index is -0.369. The number of nitro benzene ring substituents is 1. The zero-order valence-electron chi connectivity index (χ0n) is 11.6. The van der Waals surface area contributed by atoms with Crippen LogP contribution in [0.2, 0.25) is 5.02 Å². The van der Waals surface area contributed by atoms with Crippen molar-refractivity contribution in [2.24, 2.45) is 0 Å². The molecule has 0 aliphatic carbocycles. The minimum absolute atomic E-state index is 0.114. The van der Waals surface area contributed by atoms with Crippen molar-refractivity contribution in [1.82, 2.24) is 0 Å². The van der Waals surface area contributed by atoms with Crippen LogP contribution in [0, 0.1) is 24.0 Å². The molecule has 0 aliphatic rings. The molecule has 2 aromatic rings. The summed E-state index contributed by atoms with van der Waals surface area (Å²) in [5, 5.41) is 14.9. The minimum Gasteiger partial charge on any atom is -0.380 e. The fraction of sp³-hybridized carbons (Fsp3) is 0.200. The summed E-state index contributed by atoms with van der Waals surface area (Å²) in [6, 6.07) is 8.98. The topological polar surface area (TPSA) is 55.2 Å². The number of aryl methyl sites for hydroxylation is 2. The first kappa shape index (κ1) is 15.8. The van der Waals surface area contributed by atoms with E-state index in [1.165, 1.54) is 0 Å². The van der Waals surface area contributed by atoms with Gasteiger partial charge in [0.15, 0.2) is 0 Å². The number of benzene rings is 2. The number of anilines is 1. The Morgan fingerprint density at radius 2 is 1.95 bits per heavy atom. The second-order valence-corrected chi connectivity index (χ2v) is 6.12. The summed E-state index contributed by atoms with van der Waals surface area (Å²) in [6.07, 6.45) is 0. The lowest BCUT2D eigenvalue weighted by atomic mass is 10.1. The van der Waals surface area contributed by atoms with Crippen LogP contribution in [0.5, 0.6) is 0 Å². The molecular weight excluding hydrogens is 356 g/mol. The summed E-state index contributed by atoms with van der Waals surface area (Å²) >= 11 is 9.54.